The zero-order valence-corrected chi connectivity index (χ0v) is 11.1. The van der Waals surface area contributed by atoms with E-state index in [9.17, 15) is 9.59 Å². The highest BCUT2D eigenvalue weighted by Gasteiger charge is 2.38. The largest absolute Gasteiger partial charge is 0.343 e. The van der Waals surface area contributed by atoms with Gasteiger partial charge in [-0.1, -0.05) is 18.5 Å². The molecule has 0 aromatic heterocycles. The Morgan fingerprint density at radius 2 is 1.89 bits per heavy atom. The normalized spacial score (nSPS) is 24.1. The molecule has 2 amide bonds. The number of hydrogen-bond acceptors (Lipinski definition) is 2. The summed E-state index contributed by atoms with van der Waals surface area (Å²) in [5, 5.41) is 3.29. The van der Waals surface area contributed by atoms with Crippen molar-refractivity contribution in [1.82, 2.24) is 5.32 Å². The van der Waals surface area contributed by atoms with Crippen molar-refractivity contribution in [3.8, 4) is 0 Å². The van der Waals surface area contributed by atoms with Gasteiger partial charge in [0.1, 0.15) is 12.1 Å². The van der Waals surface area contributed by atoms with Crippen LogP contribution in [-0.4, -0.2) is 23.9 Å². The first-order valence-corrected chi connectivity index (χ1v) is 6.31. The van der Waals surface area contributed by atoms with Gasteiger partial charge < -0.3 is 5.32 Å². The Bertz CT molecular complexity index is 472. The molecule has 0 bridgehead atoms. The molecule has 2 unspecified atom stereocenters. The summed E-state index contributed by atoms with van der Waals surface area (Å²) >= 11 is 5.83. The van der Waals surface area contributed by atoms with Gasteiger partial charge in [0.15, 0.2) is 0 Å². The lowest BCUT2D eigenvalue weighted by atomic mass is 10.0. The summed E-state index contributed by atoms with van der Waals surface area (Å²) in [5.41, 5.74) is 0.706. The minimum absolute atomic E-state index is 0.0937. The summed E-state index contributed by atoms with van der Waals surface area (Å²) in [4.78, 5) is 25.7. The Balaban J connectivity index is 2.39. The molecule has 2 rings (SSSR count). The quantitative estimate of drug-likeness (QED) is 0.890. The van der Waals surface area contributed by atoms with Gasteiger partial charge >= 0.3 is 0 Å². The topological polar surface area (TPSA) is 49.4 Å². The van der Waals surface area contributed by atoms with Crippen LogP contribution in [0, 0.1) is 0 Å². The predicted octanol–water partition coefficient (Wildman–Crippen LogP) is 1.97. The Labute approximate surface area is 111 Å². The van der Waals surface area contributed by atoms with Gasteiger partial charge in [0.05, 0.1) is 0 Å². The first-order valence-electron chi connectivity index (χ1n) is 5.93. The van der Waals surface area contributed by atoms with Gasteiger partial charge in [0.2, 0.25) is 11.8 Å². The lowest BCUT2D eigenvalue weighted by molar-refractivity contribution is -0.133. The van der Waals surface area contributed by atoms with E-state index in [0.29, 0.717) is 17.1 Å². The minimum Gasteiger partial charge on any atom is -0.343 e. The Hall–Kier alpha value is -1.55. The first-order chi connectivity index (χ1) is 8.54. The zero-order valence-electron chi connectivity index (χ0n) is 10.3. The SMILES string of the molecule is CCC1C(=O)NC(C)C(=O)N1c1ccc(Cl)cc1. The third-order valence-electron chi connectivity index (χ3n) is 3.07. The number of nitrogens with one attached hydrogen (secondary N) is 1. The third-order valence-corrected chi connectivity index (χ3v) is 3.32. The highest BCUT2D eigenvalue weighted by molar-refractivity contribution is 6.30. The summed E-state index contributed by atoms with van der Waals surface area (Å²) in [6, 6.07) is 6.01. The fourth-order valence-electron chi connectivity index (χ4n) is 2.13. The van der Waals surface area contributed by atoms with Crippen molar-refractivity contribution in [1.29, 1.82) is 0 Å². The van der Waals surface area contributed by atoms with Gasteiger partial charge in [0, 0.05) is 10.7 Å². The second-order valence-electron chi connectivity index (χ2n) is 4.34. The van der Waals surface area contributed by atoms with Crippen LogP contribution in [0.15, 0.2) is 24.3 Å². The number of anilines is 1. The van der Waals surface area contributed by atoms with Crippen molar-refractivity contribution in [3.05, 3.63) is 29.3 Å². The molecule has 1 aromatic carbocycles. The lowest BCUT2D eigenvalue weighted by Crippen LogP contribution is -2.62. The molecule has 1 aliphatic heterocycles. The molecule has 1 N–H and O–H groups in total. The van der Waals surface area contributed by atoms with Crippen LogP contribution in [0.1, 0.15) is 20.3 Å². The van der Waals surface area contributed by atoms with Crippen molar-refractivity contribution < 1.29 is 9.59 Å². The third kappa shape index (κ3) is 2.20. The molecule has 1 fully saturated rings. The molecular weight excluding hydrogens is 252 g/mol. The van der Waals surface area contributed by atoms with E-state index < -0.39 is 12.1 Å². The maximum absolute atomic E-state index is 12.2. The lowest BCUT2D eigenvalue weighted by Gasteiger charge is -2.37. The average molecular weight is 267 g/mol. The van der Waals surface area contributed by atoms with Gasteiger partial charge in [-0.25, -0.2) is 0 Å². The maximum Gasteiger partial charge on any atom is 0.250 e. The summed E-state index contributed by atoms with van der Waals surface area (Å²) in [6.07, 6.45) is 0.576. The molecule has 0 radical (unpaired) electrons. The number of rotatable bonds is 2. The molecule has 0 saturated carbocycles. The fraction of sp³-hybridized carbons (Fsp3) is 0.385. The smallest absolute Gasteiger partial charge is 0.250 e. The zero-order chi connectivity index (χ0) is 13.3. The van der Waals surface area contributed by atoms with Crippen molar-refractivity contribution in [3.63, 3.8) is 0 Å². The van der Waals surface area contributed by atoms with Crippen molar-refractivity contribution in [2.75, 3.05) is 4.90 Å². The summed E-state index contributed by atoms with van der Waals surface area (Å²) < 4.78 is 0. The fourth-order valence-corrected chi connectivity index (χ4v) is 2.25. The molecule has 1 aromatic rings. The van der Waals surface area contributed by atoms with E-state index in [1.807, 2.05) is 6.92 Å². The second kappa shape index (κ2) is 4.98. The molecule has 0 aliphatic carbocycles. The van der Waals surface area contributed by atoms with Crippen molar-refractivity contribution in [2.24, 2.45) is 0 Å². The van der Waals surface area contributed by atoms with E-state index in [4.69, 9.17) is 11.6 Å². The monoisotopic (exact) mass is 266 g/mol. The Morgan fingerprint density at radius 3 is 2.44 bits per heavy atom. The number of nitrogens with zero attached hydrogens (tertiary/aromatic N) is 1. The van der Waals surface area contributed by atoms with Crippen LogP contribution in [-0.2, 0) is 9.59 Å². The van der Waals surface area contributed by atoms with Crippen LogP contribution in [0.3, 0.4) is 0 Å². The van der Waals surface area contributed by atoms with Crippen LogP contribution in [0.2, 0.25) is 5.02 Å². The number of halogens is 1. The number of piperazine rings is 1. The van der Waals surface area contributed by atoms with Gasteiger partial charge in [-0.3, -0.25) is 14.5 Å². The summed E-state index contributed by atoms with van der Waals surface area (Å²) in [5.74, 6) is -0.205. The minimum atomic E-state index is -0.490. The number of carbonyl (C=O) groups excluding carboxylic acids is 2. The van der Waals surface area contributed by atoms with Crippen LogP contribution in [0.25, 0.3) is 0 Å². The van der Waals surface area contributed by atoms with Crippen LogP contribution >= 0.6 is 11.6 Å². The molecule has 1 heterocycles. The number of carbonyl (C=O) groups is 2. The molecule has 4 nitrogen and oxygen atoms in total. The molecule has 1 saturated heterocycles. The molecule has 18 heavy (non-hydrogen) atoms. The first kappa shape index (κ1) is 12.9. The molecule has 1 aliphatic rings. The van der Waals surface area contributed by atoms with E-state index in [2.05, 4.69) is 5.32 Å². The van der Waals surface area contributed by atoms with E-state index in [1.54, 1.807) is 36.1 Å². The highest BCUT2D eigenvalue weighted by atomic mass is 35.5. The molecular formula is C13H15ClN2O2. The highest BCUT2D eigenvalue weighted by Crippen LogP contribution is 2.24. The Kier molecular flexibility index (Phi) is 3.57. The maximum atomic E-state index is 12.2. The molecule has 2 atom stereocenters. The summed E-state index contributed by atoms with van der Waals surface area (Å²) in [7, 11) is 0. The number of hydrogen-bond donors (Lipinski definition) is 1. The van der Waals surface area contributed by atoms with Crippen LogP contribution in [0.4, 0.5) is 5.69 Å². The van der Waals surface area contributed by atoms with Gasteiger partial charge in [-0.05, 0) is 37.6 Å². The van der Waals surface area contributed by atoms with Crippen molar-refractivity contribution in [2.45, 2.75) is 32.4 Å². The van der Waals surface area contributed by atoms with E-state index in [1.165, 1.54) is 0 Å². The van der Waals surface area contributed by atoms with Crippen LogP contribution in [0.5, 0.6) is 0 Å². The van der Waals surface area contributed by atoms with E-state index in [0.717, 1.165) is 0 Å². The van der Waals surface area contributed by atoms with E-state index >= 15 is 0 Å². The standard InChI is InChI=1S/C13H15ClN2O2/c1-3-11-12(17)15-8(2)13(18)16(11)10-6-4-9(14)5-7-10/h4-8,11H,3H2,1-2H3,(H,15,17). The second-order valence-corrected chi connectivity index (χ2v) is 4.78. The molecule has 96 valence electrons. The molecule has 5 heteroatoms. The number of amides is 2. The average Bonchev–Trinajstić information content (AvgIpc) is 2.35. The van der Waals surface area contributed by atoms with Crippen LogP contribution < -0.4 is 10.2 Å². The summed E-state index contributed by atoms with van der Waals surface area (Å²) in [6.45, 7) is 3.57. The van der Waals surface area contributed by atoms with E-state index in [-0.39, 0.29) is 11.8 Å². The molecule has 0 spiro atoms. The van der Waals surface area contributed by atoms with Gasteiger partial charge in [-0.15, -0.1) is 0 Å². The van der Waals surface area contributed by atoms with Gasteiger partial charge in [0.25, 0.3) is 0 Å². The Morgan fingerprint density at radius 1 is 1.28 bits per heavy atom. The van der Waals surface area contributed by atoms with Crippen molar-refractivity contribution >= 4 is 29.1 Å². The number of benzene rings is 1. The predicted molar refractivity (Wildman–Crippen MR) is 70.6 cm³/mol. The van der Waals surface area contributed by atoms with Gasteiger partial charge in [-0.2, -0.15) is 0 Å².